The van der Waals surface area contributed by atoms with E-state index < -0.39 is 5.91 Å². The molecule has 140 valence electrons. The topological polar surface area (TPSA) is 110 Å². The molecule has 9 heteroatoms. The maximum atomic E-state index is 12.1. The lowest BCUT2D eigenvalue weighted by Gasteiger charge is -2.20. The average Bonchev–Trinajstić information content (AvgIpc) is 3.33. The van der Waals surface area contributed by atoms with Gasteiger partial charge in [-0.3, -0.25) is 9.59 Å². The zero-order valence-corrected chi connectivity index (χ0v) is 15.5. The van der Waals surface area contributed by atoms with E-state index in [4.69, 9.17) is 8.94 Å². The molecule has 0 unspecified atom stereocenters. The largest absolute Gasteiger partial charge is 0.459 e. The number of hydrogen-bond donors (Lipinski definition) is 2. The van der Waals surface area contributed by atoms with Gasteiger partial charge in [0, 0.05) is 10.8 Å². The molecule has 27 heavy (non-hydrogen) atoms. The minimum Gasteiger partial charge on any atom is -0.459 e. The molecule has 2 amide bonds. The summed E-state index contributed by atoms with van der Waals surface area (Å²) >= 11 is 1.48. The van der Waals surface area contributed by atoms with Gasteiger partial charge in [-0.1, -0.05) is 11.6 Å². The van der Waals surface area contributed by atoms with Crippen molar-refractivity contribution < 1.29 is 18.5 Å². The van der Waals surface area contributed by atoms with E-state index in [9.17, 15) is 9.59 Å². The zero-order valence-electron chi connectivity index (χ0n) is 14.7. The minimum atomic E-state index is -0.437. The average molecular weight is 386 g/mol. The maximum absolute atomic E-state index is 12.1. The summed E-state index contributed by atoms with van der Waals surface area (Å²) in [6, 6.07) is 4.96. The molecule has 0 bridgehead atoms. The van der Waals surface area contributed by atoms with Crippen LogP contribution in [0.15, 0.2) is 33.4 Å². The van der Waals surface area contributed by atoms with Gasteiger partial charge in [-0.25, -0.2) is 0 Å². The number of nitrogens with zero attached hydrogens (tertiary/aromatic N) is 2. The van der Waals surface area contributed by atoms with Gasteiger partial charge in [0.25, 0.3) is 5.91 Å². The Morgan fingerprint density at radius 1 is 1.37 bits per heavy atom. The van der Waals surface area contributed by atoms with Crippen LogP contribution in [0.3, 0.4) is 0 Å². The minimum absolute atomic E-state index is 0.155. The number of anilines is 1. The van der Waals surface area contributed by atoms with Crippen molar-refractivity contribution in [3.05, 3.63) is 41.0 Å². The number of hydrogen-bond acceptors (Lipinski definition) is 7. The van der Waals surface area contributed by atoms with Crippen LogP contribution in [0.5, 0.6) is 0 Å². The van der Waals surface area contributed by atoms with Crippen LogP contribution in [0.2, 0.25) is 0 Å². The Hall–Kier alpha value is -2.94. The molecule has 1 aliphatic rings. The summed E-state index contributed by atoms with van der Waals surface area (Å²) in [4.78, 5) is 30.1. The summed E-state index contributed by atoms with van der Waals surface area (Å²) in [5, 5.41) is 9.36. The number of thiophene rings is 1. The Kier molecular flexibility index (Phi) is 4.76. The van der Waals surface area contributed by atoms with Gasteiger partial charge in [-0.15, -0.1) is 11.3 Å². The van der Waals surface area contributed by atoms with Crippen LogP contribution >= 0.6 is 11.3 Å². The van der Waals surface area contributed by atoms with Crippen LogP contribution in [-0.2, 0) is 4.79 Å². The molecule has 2 N–H and O–H groups in total. The molecule has 0 saturated heterocycles. The normalized spacial score (nSPS) is 14.0. The second-order valence-corrected chi connectivity index (χ2v) is 7.63. The van der Waals surface area contributed by atoms with Crippen molar-refractivity contribution in [2.24, 2.45) is 0 Å². The number of amides is 2. The van der Waals surface area contributed by atoms with Crippen LogP contribution in [0.4, 0.5) is 5.69 Å². The van der Waals surface area contributed by atoms with Gasteiger partial charge in [0.05, 0.1) is 23.4 Å². The highest BCUT2D eigenvalue weighted by Crippen LogP contribution is 2.37. The van der Waals surface area contributed by atoms with Gasteiger partial charge in [-0.2, -0.15) is 4.98 Å². The number of furan rings is 1. The van der Waals surface area contributed by atoms with Gasteiger partial charge >= 0.3 is 0 Å². The Morgan fingerprint density at radius 3 is 2.93 bits per heavy atom. The molecule has 1 fully saturated rings. The van der Waals surface area contributed by atoms with E-state index >= 15 is 0 Å². The number of carbonyl (C=O) groups is 2. The summed E-state index contributed by atoms with van der Waals surface area (Å²) < 4.78 is 10.3. The molecule has 3 heterocycles. The predicted octanol–water partition coefficient (Wildman–Crippen LogP) is 3.34. The lowest BCUT2D eigenvalue weighted by atomic mass is 9.85. The van der Waals surface area contributed by atoms with E-state index in [1.807, 2.05) is 13.0 Å². The van der Waals surface area contributed by atoms with Gasteiger partial charge in [0.15, 0.2) is 5.76 Å². The number of nitrogens with one attached hydrogen (secondary N) is 2. The Balaban J connectivity index is 1.37. The van der Waals surface area contributed by atoms with Gasteiger partial charge < -0.3 is 19.6 Å². The van der Waals surface area contributed by atoms with Gasteiger partial charge in [-0.05, 0) is 38.0 Å². The van der Waals surface area contributed by atoms with Crippen molar-refractivity contribution >= 4 is 28.8 Å². The first-order valence-electron chi connectivity index (χ1n) is 8.66. The third kappa shape index (κ3) is 3.77. The van der Waals surface area contributed by atoms with Crippen molar-refractivity contribution in [1.82, 2.24) is 15.5 Å². The molecule has 0 aromatic carbocycles. The van der Waals surface area contributed by atoms with E-state index in [1.165, 1.54) is 30.1 Å². The number of aryl methyl sites for hydroxylation is 1. The molecule has 1 aliphatic carbocycles. The highest BCUT2D eigenvalue weighted by Gasteiger charge is 2.26. The molecule has 0 atom stereocenters. The van der Waals surface area contributed by atoms with E-state index in [2.05, 4.69) is 20.8 Å². The van der Waals surface area contributed by atoms with Crippen LogP contribution < -0.4 is 10.6 Å². The second kappa shape index (κ2) is 7.36. The zero-order chi connectivity index (χ0) is 18.8. The van der Waals surface area contributed by atoms with Crippen LogP contribution in [0.1, 0.15) is 46.5 Å². The molecule has 0 aliphatic heterocycles. The summed E-state index contributed by atoms with van der Waals surface area (Å²) in [6.07, 6.45) is 4.79. The summed E-state index contributed by atoms with van der Waals surface area (Å²) in [7, 11) is 0. The SMILES string of the molecule is Cc1sc(-c2noc(C3CCC3)n2)cc1NC(=O)CNC(=O)c1ccco1. The summed E-state index contributed by atoms with van der Waals surface area (Å²) in [5.41, 5.74) is 0.669. The fraction of sp³-hybridized carbons (Fsp3) is 0.333. The Morgan fingerprint density at radius 2 is 2.22 bits per heavy atom. The molecule has 3 aromatic rings. The number of aromatic nitrogens is 2. The standard InChI is InChI=1S/C18H18N4O4S/c1-10-12(20-15(23)9-19-17(24)13-6-3-7-25-13)8-14(27-10)16-21-18(26-22-16)11-4-2-5-11/h3,6-8,11H,2,4-5,9H2,1H3,(H,19,24)(H,20,23). The second-order valence-electron chi connectivity index (χ2n) is 6.37. The highest BCUT2D eigenvalue weighted by molar-refractivity contribution is 7.16. The van der Waals surface area contributed by atoms with E-state index in [1.54, 1.807) is 6.07 Å². The molecule has 0 radical (unpaired) electrons. The molecule has 0 spiro atoms. The first-order chi connectivity index (χ1) is 13.1. The van der Waals surface area contributed by atoms with E-state index in [-0.39, 0.29) is 18.2 Å². The molecule has 8 nitrogen and oxygen atoms in total. The molecule has 3 aromatic heterocycles. The summed E-state index contributed by atoms with van der Waals surface area (Å²) in [5.74, 6) is 1.00. The first kappa shape index (κ1) is 17.5. The Bertz CT molecular complexity index is 956. The quantitative estimate of drug-likeness (QED) is 0.672. The number of rotatable bonds is 6. The third-order valence-corrected chi connectivity index (χ3v) is 5.51. The van der Waals surface area contributed by atoms with E-state index in [0.717, 1.165) is 22.6 Å². The smallest absolute Gasteiger partial charge is 0.287 e. The fourth-order valence-corrected chi connectivity index (χ4v) is 3.62. The van der Waals surface area contributed by atoms with Crippen LogP contribution in [0.25, 0.3) is 10.7 Å². The lowest BCUT2D eigenvalue weighted by molar-refractivity contribution is -0.115. The van der Waals surface area contributed by atoms with Crippen molar-refractivity contribution in [3.8, 4) is 10.7 Å². The summed E-state index contributed by atoms with van der Waals surface area (Å²) in [6.45, 7) is 1.75. The highest BCUT2D eigenvalue weighted by atomic mass is 32.1. The monoisotopic (exact) mass is 386 g/mol. The van der Waals surface area contributed by atoms with Crippen LogP contribution in [0, 0.1) is 6.92 Å². The van der Waals surface area contributed by atoms with E-state index in [0.29, 0.717) is 23.3 Å². The predicted molar refractivity (Wildman–Crippen MR) is 98.6 cm³/mol. The Labute approximate surface area is 159 Å². The van der Waals surface area contributed by atoms with Crippen molar-refractivity contribution in [1.29, 1.82) is 0 Å². The van der Waals surface area contributed by atoms with Crippen molar-refractivity contribution in [3.63, 3.8) is 0 Å². The third-order valence-electron chi connectivity index (χ3n) is 4.46. The molecule has 1 saturated carbocycles. The van der Waals surface area contributed by atoms with Gasteiger partial charge in [0.2, 0.25) is 17.6 Å². The lowest BCUT2D eigenvalue weighted by Crippen LogP contribution is -2.32. The van der Waals surface area contributed by atoms with Crippen molar-refractivity contribution in [2.45, 2.75) is 32.1 Å². The molecule has 4 rings (SSSR count). The number of carbonyl (C=O) groups excluding carboxylic acids is 2. The molecular formula is C18H18N4O4S. The van der Waals surface area contributed by atoms with Crippen LogP contribution in [-0.4, -0.2) is 28.5 Å². The maximum Gasteiger partial charge on any atom is 0.287 e. The van der Waals surface area contributed by atoms with Gasteiger partial charge in [0.1, 0.15) is 0 Å². The first-order valence-corrected chi connectivity index (χ1v) is 9.48. The fourth-order valence-electron chi connectivity index (χ4n) is 2.72. The van der Waals surface area contributed by atoms with Crippen molar-refractivity contribution in [2.75, 3.05) is 11.9 Å². The molecular weight excluding hydrogens is 368 g/mol.